The normalized spacial score (nSPS) is 23.9. The summed E-state index contributed by atoms with van der Waals surface area (Å²) in [6.45, 7) is 7.97. The van der Waals surface area contributed by atoms with E-state index in [0.717, 1.165) is 33.6 Å². The highest BCUT2D eigenvalue weighted by atomic mass is 32.1. The largest absolute Gasteiger partial charge is 0.353 e. The highest BCUT2D eigenvalue weighted by Crippen LogP contribution is 2.39. The maximum Gasteiger partial charge on any atom is 0.258 e. The van der Waals surface area contributed by atoms with Crippen molar-refractivity contribution in [2.75, 3.05) is 43.5 Å². The Hall–Kier alpha value is -3.94. The first kappa shape index (κ1) is 30.7. The van der Waals surface area contributed by atoms with Gasteiger partial charge in [-0.05, 0) is 49.6 Å². The number of anilines is 2. The molecule has 3 saturated heterocycles. The summed E-state index contributed by atoms with van der Waals surface area (Å²) in [5.41, 5.74) is 2.86. The molecule has 4 atom stereocenters. The number of methoxy groups -OCH3 is 1. The average molecular weight is 644 g/mol. The summed E-state index contributed by atoms with van der Waals surface area (Å²) in [7, 11) is 1.51. The van der Waals surface area contributed by atoms with Gasteiger partial charge in [0.25, 0.3) is 11.8 Å². The van der Waals surface area contributed by atoms with E-state index in [1.54, 1.807) is 25.2 Å². The van der Waals surface area contributed by atoms with E-state index in [9.17, 15) is 9.59 Å². The Morgan fingerprint density at radius 2 is 1.67 bits per heavy atom. The Labute approximate surface area is 271 Å². The van der Waals surface area contributed by atoms with Crippen LogP contribution in [0.25, 0.3) is 21.3 Å². The summed E-state index contributed by atoms with van der Waals surface area (Å²) in [5.74, 6) is -0.360. The number of nitrogens with one attached hydrogen (secondary N) is 1. The molecule has 240 valence electrons. The molecule has 3 aliphatic rings. The third-order valence-electron chi connectivity index (χ3n) is 8.61. The second kappa shape index (κ2) is 12.3. The minimum atomic E-state index is -0.953. The third-order valence-corrected chi connectivity index (χ3v) is 9.79. The first-order valence-electron chi connectivity index (χ1n) is 15.6. The number of piperazine rings is 1. The van der Waals surface area contributed by atoms with Crippen LogP contribution in [0.3, 0.4) is 0 Å². The molecule has 0 radical (unpaired) electrons. The molecule has 0 bridgehead atoms. The summed E-state index contributed by atoms with van der Waals surface area (Å²) in [6, 6.07) is 20.0. The van der Waals surface area contributed by atoms with E-state index < -0.39 is 36.3 Å². The molecule has 2 aromatic heterocycles. The smallest absolute Gasteiger partial charge is 0.258 e. The lowest BCUT2D eigenvalue weighted by atomic mass is 10.0. The number of aryl methyl sites for hydroxylation is 1. The molecular formula is C34H37N5O6S. The van der Waals surface area contributed by atoms with Crippen molar-refractivity contribution >= 4 is 45.1 Å². The predicted molar refractivity (Wildman–Crippen MR) is 175 cm³/mol. The van der Waals surface area contributed by atoms with Crippen LogP contribution in [0.1, 0.15) is 36.0 Å². The second-order valence-electron chi connectivity index (χ2n) is 12.1. The zero-order chi connectivity index (χ0) is 32.0. The number of carbonyl (C=O) groups excluding carboxylic acids is 2. The van der Waals surface area contributed by atoms with Crippen LogP contribution in [-0.4, -0.2) is 90.4 Å². The number of fused-ring (bicyclic) bond motifs is 2. The second-order valence-corrected chi connectivity index (χ2v) is 13.2. The van der Waals surface area contributed by atoms with Crippen molar-refractivity contribution < 1.29 is 28.5 Å². The number of thiophene rings is 1. The van der Waals surface area contributed by atoms with Gasteiger partial charge in [-0.25, -0.2) is 4.98 Å². The number of ether oxygens (including phenoxy) is 4. The van der Waals surface area contributed by atoms with Crippen LogP contribution >= 0.6 is 11.3 Å². The van der Waals surface area contributed by atoms with Crippen LogP contribution < -0.4 is 10.2 Å². The molecule has 0 saturated carbocycles. The monoisotopic (exact) mass is 643 g/mol. The lowest BCUT2D eigenvalue weighted by molar-refractivity contribution is -0.224. The van der Waals surface area contributed by atoms with E-state index >= 15 is 0 Å². The molecule has 11 nitrogen and oxygen atoms in total. The SMILES string of the molecule is CCc1cc2c(N3CCN(C(=O)c4ccc(-c5ccccc5)cc4)CC3)nc(NC(=O)[C@@H]3OC(OC)[C@@H]4OC(C)(C)O[C@H]34)nc2s1. The molecule has 1 N–H and O–H groups in total. The van der Waals surface area contributed by atoms with Gasteiger partial charge in [0, 0.05) is 43.7 Å². The van der Waals surface area contributed by atoms with E-state index in [2.05, 4.69) is 35.3 Å². The number of rotatable bonds is 7. The number of aromatic nitrogens is 2. The van der Waals surface area contributed by atoms with Crippen LogP contribution in [0.4, 0.5) is 11.8 Å². The van der Waals surface area contributed by atoms with Gasteiger partial charge in [0.2, 0.25) is 5.95 Å². The first-order valence-corrected chi connectivity index (χ1v) is 16.4. The zero-order valence-electron chi connectivity index (χ0n) is 26.3. The first-order chi connectivity index (χ1) is 22.2. The molecule has 12 heteroatoms. The third kappa shape index (κ3) is 5.87. The molecule has 2 amide bonds. The Morgan fingerprint density at radius 3 is 2.37 bits per heavy atom. The number of amides is 2. The van der Waals surface area contributed by atoms with Crippen LogP contribution in [0.2, 0.25) is 0 Å². The number of carbonyl (C=O) groups is 2. The summed E-state index contributed by atoms with van der Waals surface area (Å²) in [4.78, 5) is 42.4. The molecule has 5 heterocycles. The van der Waals surface area contributed by atoms with Gasteiger partial charge in [0.1, 0.15) is 22.9 Å². The van der Waals surface area contributed by atoms with Crippen molar-refractivity contribution in [3.8, 4) is 11.1 Å². The van der Waals surface area contributed by atoms with Gasteiger partial charge in [0.05, 0.1) is 5.39 Å². The number of benzene rings is 2. The van der Waals surface area contributed by atoms with E-state index in [1.165, 1.54) is 12.0 Å². The van der Waals surface area contributed by atoms with Crippen LogP contribution in [0.5, 0.6) is 0 Å². The lowest BCUT2D eigenvalue weighted by Gasteiger charge is -2.35. The molecular weight excluding hydrogens is 606 g/mol. The number of hydrogen-bond acceptors (Lipinski definition) is 10. The van der Waals surface area contributed by atoms with E-state index in [-0.39, 0.29) is 11.9 Å². The van der Waals surface area contributed by atoms with Gasteiger partial charge in [-0.15, -0.1) is 11.3 Å². The Kier molecular flexibility index (Phi) is 8.24. The molecule has 3 aliphatic heterocycles. The lowest BCUT2D eigenvalue weighted by Crippen LogP contribution is -2.49. The molecule has 4 aromatic rings. The molecule has 0 spiro atoms. The minimum Gasteiger partial charge on any atom is -0.353 e. The highest BCUT2D eigenvalue weighted by Gasteiger charge is 2.58. The molecule has 2 aromatic carbocycles. The Bertz CT molecular complexity index is 1740. The van der Waals surface area contributed by atoms with Gasteiger partial charge >= 0.3 is 0 Å². The van der Waals surface area contributed by atoms with Crippen molar-refractivity contribution in [1.29, 1.82) is 0 Å². The van der Waals surface area contributed by atoms with Crippen LogP contribution in [-0.2, 0) is 30.2 Å². The maximum atomic E-state index is 13.5. The fraction of sp³-hybridized carbons (Fsp3) is 0.412. The van der Waals surface area contributed by atoms with Gasteiger partial charge in [-0.1, -0.05) is 49.4 Å². The standard InChI is InChI=1S/C34H37N5O6S/c1-5-23-19-24-28(38-15-17-39(18-16-38)31(41)22-13-11-21(12-14-22)20-9-7-6-8-10-20)35-33(37-30(24)46-23)36-29(40)26-25-27(32(42-4)43-26)45-34(2,3)44-25/h6-14,19,25-27,32H,5,15-18H2,1-4H3,(H,35,36,37,40)/t25-,26-,27-,32?/m1/s1. The Balaban J connectivity index is 1.07. The quantitative estimate of drug-likeness (QED) is 0.306. The number of nitrogens with zero attached hydrogens (tertiary/aromatic N) is 4. The topological polar surface area (TPSA) is 115 Å². The van der Waals surface area contributed by atoms with Crippen molar-refractivity contribution in [3.05, 3.63) is 71.1 Å². The van der Waals surface area contributed by atoms with Crippen molar-refractivity contribution in [2.24, 2.45) is 0 Å². The average Bonchev–Trinajstić information content (AvgIpc) is 3.74. The summed E-state index contributed by atoms with van der Waals surface area (Å²) < 4.78 is 23.2. The molecule has 1 unspecified atom stereocenters. The van der Waals surface area contributed by atoms with E-state index in [0.29, 0.717) is 31.7 Å². The van der Waals surface area contributed by atoms with Crippen molar-refractivity contribution in [1.82, 2.24) is 14.9 Å². The fourth-order valence-corrected chi connectivity index (χ4v) is 7.27. The summed E-state index contributed by atoms with van der Waals surface area (Å²) >= 11 is 1.58. The molecule has 0 aliphatic carbocycles. The minimum absolute atomic E-state index is 0.00868. The van der Waals surface area contributed by atoms with E-state index in [1.807, 2.05) is 47.4 Å². The Morgan fingerprint density at radius 1 is 0.978 bits per heavy atom. The van der Waals surface area contributed by atoms with Gasteiger partial charge in [0.15, 0.2) is 18.2 Å². The van der Waals surface area contributed by atoms with Crippen LogP contribution in [0.15, 0.2) is 60.7 Å². The molecule has 7 rings (SSSR count). The maximum absolute atomic E-state index is 13.5. The van der Waals surface area contributed by atoms with Gasteiger partial charge in [-0.2, -0.15) is 4.98 Å². The van der Waals surface area contributed by atoms with Crippen LogP contribution in [0, 0.1) is 0 Å². The van der Waals surface area contributed by atoms with Gasteiger partial charge < -0.3 is 28.7 Å². The summed E-state index contributed by atoms with van der Waals surface area (Å²) in [6.07, 6.45) is -1.98. The van der Waals surface area contributed by atoms with E-state index in [4.69, 9.17) is 28.9 Å². The van der Waals surface area contributed by atoms with Crippen molar-refractivity contribution in [2.45, 2.75) is 57.6 Å². The van der Waals surface area contributed by atoms with Crippen molar-refractivity contribution in [3.63, 3.8) is 0 Å². The number of hydrogen-bond donors (Lipinski definition) is 1. The van der Waals surface area contributed by atoms with Gasteiger partial charge in [-0.3, -0.25) is 14.9 Å². The predicted octanol–water partition coefficient (Wildman–Crippen LogP) is 4.71. The highest BCUT2D eigenvalue weighted by molar-refractivity contribution is 7.18. The fourth-order valence-electron chi connectivity index (χ4n) is 6.31. The molecule has 3 fully saturated rings. The molecule has 46 heavy (non-hydrogen) atoms. The summed E-state index contributed by atoms with van der Waals surface area (Å²) in [5, 5.41) is 3.80. The zero-order valence-corrected chi connectivity index (χ0v) is 27.1.